The fraction of sp³-hybridized carbons (Fsp3) is 0.417. The molecule has 0 bridgehead atoms. The summed E-state index contributed by atoms with van der Waals surface area (Å²) in [7, 11) is 1.90. The summed E-state index contributed by atoms with van der Waals surface area (Å²) >= 11 is 0. The number of fused-ring (bicyclic) bond motifs is 1. The van der Waals surface area contributed by atoms with Gasteiger partial charge in [0.1, 0.15) is 0 Å². The number of hydrogen-bond donors (Lipinski definition) is 1. The molecule has 1 aromatic carbocycles. The van der Waals surface area contributed by atoms with E-state index in [1.54, 1.807) is 0 Å². The predicted octanol–water partition coefficient (Wildman–Crippen LogP) is 2.19. The van der Waals surface area contributed by atoms with Gasteiger partial charge >= 0.3 is 0 Å². The highest BCUT2D eigenvalue weighted by atomic mass is 16.5. The van der Waals surface area contributed by atoms with Crippen molar-refractivity contribution in [1.29, 1.82) is 0 Å². The van der Waals surface area contributed by atoms with E-state index in [1.807, 2.05) is 29.9 Å². The molecule has 1 aromatic heterocycles. The van der Waals surface area contributed by atoms with E-state index in [1.165, 1.54) is 0 Å². The molecule has 0 saturated heterocycles. The summed E-state index contributed by atoms with van der Waals surface area (Å²) in [6, 6.07) is 5.73. The molecular formula is C12H17N3O. The maximum absolute atomic E-state index is 5.77. The molecule has 0 spiro atoms. The molecule has 2 aromatic rings. The summed E-state index contributed by atoms with van der Waals surface area (Å²) in [5, 5.41) is 5.32. The Morgan fingerprint density at radius 1 is 1.44 bits per heavy atom. The van der Waals surface area contributed by atoms with Crippen molar-refractivity contribution < 1.29 is 4.74 Å². The Bertz CT molecular complexity index is 502. The minimum absolute atomic E-state index is 0.484. The summed E-state index contributed by atoms with van der Waals surface area (Å²) in [6.45, 7) is 4.89. The fourth-order valence-corrected chi connectivity index (χ4v) is 1.60. The minimum Gasteiger partial charge on any atom is -0.476 e. The van der Waals surface area contributed by atoms with Crippen molar-refractivity contribution in [2.45, 2.75) is 13.8 Å². The van der Waals surface area contributed by atoms with E-state index in [-0.39, 0.29) is 0 Å². The summed E-state index contributed by atoms with van der Waals surface area (Å²) in [5.74, 6) is 1.15. The molecule has 1 heterocycles. The number of rotatable bonds is 3. The van der Waals surface area contributed by atoms with Crippen LogP contribution >= 0.6 is 0 Å². The van der Waals surface area contributed by atoms with Crippen LogP contribution in [0.2, 0.25) is 0 Å². The van der Waals surface area contributed by atoms with E-state index in [9.17, 15) is 0 Å². The van der Waals surface area contributed by atoms with Crippen molar-refractivity contribution in [1.82, 2.24) is 9.78 Å². The monoisotopic (exact) mass is 219 g/mol. The summed E-state index contributed by atoms with van der Waals surface area (Å²) in [5.41, 5.74) is 7.53. The van der Waals surface area contributed by atoms with E-state index in [2.05, 4.69) is 18.9 Å². The van der Waals surface area contributed by atoms with Crippen LogP contribution in [0.4, 0.5) is 5.69 Å². The second-order valence-electron chi connectivity index (χ2n) is 4.41. The lowest BCUT2D eigenvalue weighted by Crippen LogP contribution is -2.05. The summed E-state index contributed by atoms with van der Waals surface area (Å²) in [4.78, 5) is 0. The van der Waals surface area contributed by atoms with Crippen molar-refractivity contribution in [3.63, 3.8) is 0 Å². The highest BCUT2D eigenvalue weighted by Gasteiger charge is 2.10. The van der Waals surface area contributed by atoms with Gasteiger partial charge in [0.25, 0.3) is 0 Å². The Hall–Kier alpha value is -1.71. The molecule has 4 heteroatoms. The molecule has 0 saturated carbocycles. The second-order valence-corrected chi connectivity index (χ2v) is 4.41. The van der Waals surface area contributed by atoms with Gasteiger partial charge < -0.3 is 10.5 Å². The average molecular weight is 219 g/mol. The third-order valence-corrected chi connectivity index (χ3v) is 2.39. The number of nitrogen functional groups attached to an aromatic ring is 1. The first-order valence-electron chi connectivity index (χ1n) is 5.43. The van der Waals surface area contributed by atoms with Crippen molar-refractivity contribution in [3.05, 3.63) is 18.2 Å². The first-order valence-corrected chi connectivity index (χ1v) is 5.43. The van der Waals surface area contributed by atoms with E-state index < -0.39 is 0 Å². The number of aromatic nitrogens is 2. The third-order valence-electron chi connectivity index (χ3n) is 2.39. The molecular weight excluding hydrogens is 202 g/mol. The average Bonchev–Trinajstić information content (AvgIpc) is 2.52. The molecule has 0 unspecified atom stereocenters. The lowest BCUT2D eigenvalue weighted by molar-refractivity contribution is 0.262. The van der Waals surface area contributed by atoms with Crippen LogP contribution in [0.1, 0.15) is 13.8 Å². The van der Waals surface area contributed by atoms with Gasteiger partial charge in [0.15, 0.2) is 0 Å². The molecule has 2 N–H and O–H groups in total. The van der Waals surface area contributed by atoms with E-state index in [0.29, 0.717) is 18.4 Å². The molecule has 0 radical (unpaired) electrons. The minimum atomic E-state index is 0.484. The maximum Gasteiger partial charge on any atom is 0.240 e. The van der Waals surface area contributed by atoms with Crippen molar-refractivity contribution in [2.75, 3.05) is 12.3 Å². The SMILES string of the molecule is CC(C)COc1nn(C)c2ccc(N)cc12. The highest BCUT2D eigenvalue weighted by molar-refractivity contribution is 5.87. The van der Waals surface area contributed by atoms with Crippen LogP contribution in [-0.4, -0.2) is 16.4 Å². The molecule has 16 heavy (non-hydrogen) atoms. The van der Waals surface area contributed by atoms with Gasteiger partial charge in [0.2, 0.25) is 5.88 Å². The predicted molar refractivity (Wildman–Crippen MR) is 65.5 cm³/mol. The normalized spacial score (nSPS) is 11.2. The standard InChI is InChI=1S/C12H17N3O/c1-8(2)7-16-12-10-6-9(13)4-5-11(10)15(3)14-12/h4-6,8H,7,13H2,1-3H3. The lowest BCUT2D eigenvalue weighted by atomic mass is 10.2. The van der Waals surface area contributed by atoms with Crippen LogP contribution in [0.5, 0.6) is 5.88 Å². The fourth-order valence-electron chi connectivity index (χ4n) is 1.60. The van der Waals surface area contributed by atoms with Gasteiger partial charge in [-0.2, -0.15) is 0 Å². The first-order chi connectivity index (χ1) is 7.58. The van der Waals surface area contributed by atoms with Gasteiger partial charge in [-0.05, 0) is 24.1 Å². The number of ether oxygens (including phenoxy) is 1. The van der Waals surface area contributed by atoms with Crippen molar-refractivity contribution in [3.8, 4) is 5.88 Å². The van der Waals surface area contributed by atoms with Crippen LogP contribution in [0.3, 0.4) is 0 Å². The third kappa shape index (κ3) is 1.96. The molecule has 4 nitrogen and oxygen atoms in total. The van der Waals surface area contributed by atoms with Gasteiger partial charge in [0.05, 0.1) is 17.5 Å². The largest absolute Gasteiger partial charge is 0.476 e. The zero-order valence-corrected chi connectivity index (χ0v) is 9.90. The number of nitrogens with two attached hydrogens (primary N) is 1. The molecule has 2 rings (SSSR count). The maximum atomic E-state index is 5.77. The number of nitrogens with zero attached hydrogens (tertiary/aromatic N) is 2. The molecule has 0 aliphatic heterocycles. The van der Waals surface area contributed by atoms with Crippen LogP contribution in [0.25, 0.3) is 10.9 Å². The number of aryl methyl sites for hydroxylation is 1. The molecule has 86 valence electrons. The topological polar surface area (TPSA) is 53.1 Å². The zero-order valence-electron chi connectivity index (χ0n) is 9.90. The van der Waals surface area contributed by atoms with Crippen molar-refractivity contribution >= 4 is 16.6 Å². The molecule has 0 fully saturated rings. The summed E-state index contributed by atoms with van der Waals surface area (Å²) < 4.78 is 7.48. The van der Waals surface area contributed by atoms with Gasteiger partial charge in [-0.25, -0.2) is 0 Å². The van der Waals surface area contributed by atoms with E-state index in [0.717, 1.165) is 16.6 Å². The van der Waals surface area contributed by atoms with Gasteiger partial charge in [-0.15, -0.1) is 5.10 Å². The zero-order chi connectivity index (χ0) is 11.7. The Labute approximate surface area is 95.0 Å². The Kier molecular flexibility index (Phi) is 2.73. The molecule has 0 aliphatic carbocycles. The van der Waals surface area contributed by atoms with Crippen LogP contribution in [0.15, 0.2) is 18.2 Å². The molecule has 0 atom stereocenters. The highest BCUT2D eigenvalue weighted by Crippen LogP contribution is 2.26. The number of benzene rings is 1. The van der Waals surface area contributed by atoms with E-state index in [4.69, 9.17) is 10.5 Å². The van der Waals surface area contributed by atoms with Crippen molar-refractivity contribution in [2.24, 2.45) is 13.0 Å². The van der Waals surface area contributed by atoms with Crippen LogP contribution < -0.4 is 10.5 Å². The molecule has 0 aliphatic rings. The Balaban J connectivity index is 2.41. The van der Waals surface area contributed by atoms with Crippen LogP contribution in [-0.2, 0) is 7.05 Å². The summed E-state index contributed by atoms with van der Waals surface area (Å²) in [6.07, 6.45) is 0. The number of anilines is 1. The Morgan fingerprint density at radius 2 is 2.19 bits per heavy atom. The molecule has 0 amide bonds. The smallest absolute Gasteiger partial charge is 0.240 e. The Morgan fingerprint density at radius 3 is 2.88 bits per heavy atom. The lowest BCUT2D eigenvalue weighted by Gasteiger charge is -2.05. The number of hydrogen-bond acceptors (Lipinski definition) is 3. The van der Waals surface area contributed by atoms with Gasteiger partial charge in [0, 0.05) is 12.7 Å². The van der Waals surface area contributed by atoms with Gasteiger partial charge in [-0.3, -0.25) is 4.68 Å². The van der Waals surface area contributed by atoms with Gasteiger partial charge in [-0.1, -0.05) is 13.8 Å². The van der Waals surface area contributed by atoms with E-state index >= 15 is 0 Å². The van der Waals surface area contributed by atoms with Crippen LogP contribution in [0, 0.1) is 5.92 Å². The second kappa shape index (κ2) is 4.04. The quantitative estimate of drug-likeness (QED) is 0.805. The first kappa shape index (κ1) is 10.8.